The zero-order valence-electron chi connectivity index (χ0n) is 11.5. The lowest BCUT2D eigenvalue weighted by Gasteiger charge is -2.28. The number of aromatic amines is 1. The Kier molecular flexibility index (Phi) is 2.57. The molecule has 0 aliphatic heterocycles. The van der Waals surface area contributed by atoms with Gasteiger partial charge in [-0.3, -0.25) is 0 Å². The molecule has 1 aliphatic carbocycles. The molecule has 2 atom stereocenters. The highest BCUT2D eigenvalue weighted by Crippen LogP contribution is 2.34. The van der Waals surface area contributed by atoms with E-state index in [-0.39, 0.29) is 6.10 Å². The van der Waals surface area contributed by atoms with Gasteiger partial charge in [-0.05, 0) is 38.7 Å². The van der Waals surface area contributed by atoms with E-state index in [0.29, 0.717) is 6.04 Å². The second-order valence-electron chi connectivity index (χ2n) is 5.74. The van der Waals surface area contributed by atoms with Crippen molar-refractivity contribution >= 4 is 22.1 Å². The van der Waals surface area contributed by atoms with Crippen LogP contribution >= 0.6 is 0 Å². The third-order valence-electron chi connectivity index (χ3n) is 4.39. The molecule has 0 bridgehead atoms. The minimum Gasteiger partial charge on any atom is -0.393 e. The summed E-state index contributed by atoms with van der Waals surface area (Å²) in [7, 11) is 0. The van der Waals surface area contributed by atoms with E-state index in [4.69, 9.17) is 0 Å². The number of aliphatic hydroxyl groups is 1. The molecule has 3 aromatic heterocycles. The van der Waals surface area contributed by atoms with Gasteiger partial charge in [0, 0.05) is 17.6 Å². The van der Waals surface area contributed by atoms with E-state index in [1.54, 1.807) is 0 Å². The average molecular weight is 270 g/mol. The lowest BCUT2D eigenvalue weighted by Crippen LogP contribution is -2.23. The fraction of sp³-hybridized carbons (Fsp3) is 0.467. The number of hydrogen-bond acceptors (Lipinski definition) is 3. The molecule has 3 aromatic rings. The summed E-state index contributed by atoms with van der Waals surface area (Å²) >= 11 is 0. The molecular weight excluding hydrogens is 252 g/mol. The van der Waals surface area contributed by atoms with Crippen LogP contribution in [0.5, 0.6) is 0 Å². The Balaban J connectivity index is 1.97. The van der Waals surface area contributed by atoms with Gasteiger partial charge in [-0.25, -0.2) is 9.97 Å². The van der Waals surface area contributed by atoms with E-state index in [0.717, 1.165) is 53.6 Å². The molecular formula is C15H18N4O. The third-order valence-corrected chi connectivity index (χ3v) is 4.39. The molecule has 5 heteroatoms. The zero-order chi connectivity index (χ0) is 13.7. The van der Waals surface area contributed by atoms with E-state index in [2.05, 4.69) is 25.6 Å². The Morgan fingerprint density at radius 1 is 1.40 bits per heavy atom. The van der Waals surface area contributed by atoms with Crippen molar-refractivity contribution in [2.45, 2.75) is 44.8 Å². The summed E-state index contributed by atoms with van der Waals surface area (Å²) in [4.78, 5) is 12.2. The standard InChI is InChI=1S/C15H18N4O/c1-9-18-13-8-17-15-12(5-6-16-15)14(13)19(9)10-3-2-4-11(20)7-10/h5-6,8,10-11,20H,2-4,7H2,1H3,(H,16,17). The fourth-order valence-electron chi connectivity index (χ4n) is 3.53. The Morgan fingerprint density at radius 3 is 3.15 bits per heavy atom. The largest absolute Gasteiger partial charge is 0.393 e. The molecule has 0 saturated heterocycles. The summed E-state index contributed by atoms with van der Waals surface area (Å²) < 4.78 is 2.30. The van der Waals surface area contributed by atoms with Gasteiger partial charge in [-0.2, -0.15) is 0 Å². The van der Waals surface area contributed by atoms with Crippen molar-refractivity contribution in [1.82, 2.24) is 19.5 Å². The van der Waals surface area contributed by atoms with Gasteiger partial charge in [0.15, 0.2) is 0 Å². The molecule has 2 unspecified atom stereocenters. The van der Waals surface area contributed by atoms with Crippen molar-refractivity contribution in [3.8, 4) is 0 Å². The normalized spacial score (nSPS) is 23.7. The molecule has 20 heavy (non-hydrogen) atoms. The quantitative estimate of drug-likeness (QED) is 0.714. The predicted octanol–water partition coefficient (Wildman–Crippen LogP) is 2.70. The van der Waals surface area contributed by atoms with Crippen LogP contribution in [0.4, 0.5) is 0 Å². The number of nitrogens with one attached hydrogen (secondary N) is 1. The average Bonchev–Trinajstić information content (AvgIpc) is 3.00. The number of aliphatic hydroxyl groups excluding tert-OH is 1. The summed E-state index contributed by atoms with van der Waals surface area (Å²) in [6.07, 6.45) is 7.48. The van der Waals surface area contributed by atoms with Crippen molar-refractivity contribution < 1.29 is 5.11 Å². The van der Waals surface area contributed by atoms with Gasteiger partial charge in [-0.1, -0.05) is 0 Å². The van der Waals surface area contributed by atoms with Crippen molar-refractivity contribution in [2.24, 2.45) is 0 Å². The highest BCUT2D eigenvalue weighted by Gasteiger charge is 2.25. The number of fused-ring (bicyclic) bond motifs is 3. The molecule has 3 heterocycles. The van der Waals surface area contributed by atoms with Crippen LogP contribution < -0.4 is 0 Å². The van der Waals surface area contributed by atoms with Gasteiger partial charge in [0.25, 0.3) is 0 Å². The molecule has 0 amide bonds. The third kappa shape index (κ3) is 1.66. The highest BCUT2D eigenvalue weighted by atomic mass is 16.3. The van der Waals surface area contributed by atoms with Crippen LogP contribution in [0.15, 0.2) is 18.5 Å². The molecule has 5 nitrogen and oxygen atoms in total. The second-order valence-corrected chi connectivity index (χ2v) is 5.74. The maximum Gasteiger partial charge on any atom is 0.139 e. The highest BCUT2D eigenvalue weighted by molar-refractivity contribution is 6.01. The predicted molar refractivity (Wildman–Crippen MR) is 77.6 cm³/mol. The van der Waals surface area contributed by atoms with Crippen LogP contribution in [0.2, 0.25) is 0 Å². The van der Waals surface area contributed by atoms with Crippen LogP contribution in [-0.4, -0.2) is 30.7 Å². The van der Waals surface area contributed by atoms with Gasteiger partial charge in [0.2, 0.25) is 0 Å². The topological polar surface area (TPSA) is 66.7 Å². The molecule has 2 N–H and O–H groups in total. The molecule has 4 rings (SSSR count). The lowest BCUT2D eigenvalue weighted by molar-refractivity contribution is 0.104. The number of H-pyrrole nitrogens is 1. The first-order valence-corrected chi connectivity index (χ1v) is 7.22. The molecule has 0 spiro atoms. The van der Waals surface area contributed by atoms with Crippen molar-refractivity contribution in [3.63, 3.8) is 0 Å². The van der Waals surface area contributed by atoms with Crippen molar-refractivity contribution in [2.75, 3.05) is 0 Å². The maximum atomic E-state index is 9.96. The van der Waals surface area contributed by atoms with E-state index in [1.807, 2.05) is 19.3 Å². The van der Waals surface area contributed by atoms with Gasteiger partial charge in [-0.15, -0.1) is 0 Å². The number of aryl methyl sites for hydroxylation is 1. The van der Waals surface area contributed by atoms with Gasteiger partial charge >= 0.3 is 0 Å². The number of rotatable bonds is 1. The van der Waals surface area contributed by atoms with Crippen molar-refractivity contribution in [1.29, 1.82) is 0 Å². The summed E-state index contributed by atoms with van der Waals surface area (Å²) in [6.45, 7) is 2.04. The molecule has 104 valence electrons. The van der Waals surface area contributed by atoms with Crippen LogP contribution in [0.3, 0.4) is 0 Å². The van der Waals surface area contributed by atoms with E-state index >= 15 is 0 Å². The number of hydrogen-bond donors (Lipinski definition) is 2. The Labute approximate surface area is 116 Å². The first-order chi connectivity index (χ1) is 9.74. The molecule has 0 radical (unpaired) electrons. The number of pyridine rings is 1. The van der Waals surface area contributed by atoms with Gasteiger partial charge in [0.05, 0.1) is 17.8 Å². The Bertz CT molecular complexity index is 773. The molecule has 0 aromatic carbocycles. The fourth-order valence-corrected chi connectivity index (χ4v) is 3.53. The van der Waals surface area contributed by atoms with Crippen LogP contribution in [0.25, 0.3) is 22.1 Å². The van der Waals surface area contributed by atoms with Gasteiger partial charge in [0.1, 0.15) is 17.0 Å². The smallest absolute Gasteiger partial charge is 0.139 e. The lowest BCUT2D eigenvalue weighted by atomic mass is 9.92. The SMILES string of the molecule is Cc1nc2cnc3[nH]ccc3c2n1C1CCCC(O)C1. The van der Waals surface area contributed by atoms with Crippen LogP contribution in [0.1, 0.15) is 37.5 Å². The van der Waals surface area contributed by atoms with Crippen LogP contribution in [0, 0.1) is 6.92 Å². The summed E-state index contributed by atoms with van der Waals surface area (Å²) in [5.41, 5.74) is 2.98. The zero-order valence-corrected chi connectivity index (χ0v) is 11.5. The minimum absolute atomic E-state index is 0.186. The van der Waals surface area contributed by atoms with Crippen molar-refractivity contribution in [3.05, 3.63) is 24.3 Å². The Hall–Kier alpha value is -1.88. The van der Waals surface area contributed by atoms with E-state index in [9.17, 15) is 5.11 Å². The number of aromatic nitrogens is 4. The molecule has 1 fully saturated rings. The number of imidazole rings is 1. The number of nitrogens with zero attached hydrogens (tertiary/aromatic N) is 3. The monoisotopic (exact) mass is 270 g/mol. The van der Waals surface area contributed by atoms with E-state index in [1.165, 1.54) is 0 Å². The summed E-state index contributed by atoms with van der Waals surface area (Å²) in [5.74, 6) is 1.01. The minimum atomic E-state index is -0.186. The first-order valence-electron chi connectivity index (χ1n) is 7.22. The second kappa shape index (κ2) is 4.31. The van der Waals surface area contributed by atoms with E-state index < -0.39 is 0 Å². The molecule has 1 saturated carbocycles. The van der Waals surface area contributed by atoms with Gasteiger partial charge < -0.3 is 14.7 Å². The van der Waals surface area contributed by atoms with Crippen LogP contribution in [-0.2, 0) is 0 Å². The Morgan fingerprint density at radius 2 is 2.30 bits per heavy atom. The molecule has 1 aliphatic rings. The summed E-state index contributed by atoms with van der Waals surface area (Å²) in [5, 5.41) is 11.1. The maximum absolute atomic E-state index is 9.96. The first kappa shape index (κ1) is 11.9. The summed E-state index contributed by atoms with van der Waals surface area (Å²) in [6, 6.07) is 2.39.